The maximum absolute atomic E-state index is 6.58. The Morgan fingerprint density at radius 1 is 0.933 bits per heavy atom. The first-order valence-electron chi connectivity index (χ1n) is 10.4. The van der Waals surface area contributed by atoms with Crippen LogP contribution < -0.4 is 11.1 Å². The number of anilines is 2. The standard InChI is InChI=1S/C24H28N6/c1-15(2)14-26-24-27-21(18-8-6-5-7-9-18)20-22(25)30(29-23(20)28-24)19-12-10-17(11-13-19)16(3)4/h5-13,15-16H,14,25H2,1-4H3,(H,26,28,29). The highest BCUT2D eigenvalue weighted by atomic mass is 15.3. The average molecular weight is 401 g/mol. The Hall–Kier alpha value is -3.41. The lowest BCUT2D eigenvalue weighted by molar-refractivity contribution is 0.685. The van der Waals surface area contributed by atoms with Crippen LogP contribution in [0.3, 0.4) is 0 Å². The summed E-state index contributed by atoms with van der Waals surface area (Å²) in [5.41, 5.74) is 11.1. The fourth-order valence-electron chi connectivity index (χ4n) is 3.39. The van der Waals surface area contributed by atoms with Crippen molar-refractivity contribution in [1.82, 2.24) is 19.7 Å². The van der Waals surface area contributed by atoms with Gasteiger partial charge in [-0.2, -0.15) is 4.98 Å². The minimum absolute atomic E-state index is 0.471. The number of nitrogens with zero attached hydrogens (tertiary/aromatic N) is 4. The molecule has 0 aliphatic carbocycles. The van der Waals surface area contributed by atoms with Gasteiger partial charge in [-0.1, -0.05) is 70.2 Å². The molecule has 4 aromatic rings. The van der Waals surface area contributed by atoms with E-state index in [1.54, 1.807) is 4.68 Å². The van der Waals surface area contributed by atoms with Crippen LogP contribution in [0, 0.1) is 5.92 Å². The van der Waals surface area contributed by atoms with Crippen molar-refractivity contribution in [3.05, 3.63) is 60.2 Å². The van der Waals surface area contributed by atoms with Crippen molar-refractivity contribution in [2.45, 2.75) is 33.6 Å². The molecule has 0 unspecified atom stereocenters. The minimum atomic E-state index is 0.471. The third kappa shape index (κ3) is 3.85. The Bertz CT molecular complexity index is 1140. The molecular formula is C24H28N6. The Morgan fingerprint density at radius 3 is 2.27 bits per heavy atom. The van der Waals surface area contributed by atoms with Crippen LogP contribution in [-0.4, -0.2) is 26.3 Å². The van der Waals surface area contributed by atoms with Gasteiger partial charge in [0.25, 0.3) is 0 Å². The molecule has 0 bridgehead atoms. The van der Waals surface area contributed by atoms with Gasteiger partial charge in [0.1, 0.15) is 5.82 Å². The van der Waals surface area contributed by atoms with Crippen LogP contribution in [0.5, 0.6) is 0 Å². The zero-order valence-electron chi connectivity index (χ0n) is 17.9. The van der Waals surface area contributed by atoms with Gasteiger partial charge in [-0.25, -0.2) is 9.67 Å². The van der Waals surface area contributed by atoms with Gasteiger partial charge in [-0.3, -0.25) is 0 Å². The summed E-state index contributed by atoms with van der Waals surface area (Å²) in [4.78, 5) is 9.44. The highest BCUT2D eigenvalue weighted by Gasteiger charge is 2.19. The van der Waals surface area contributed by atoms with Gasteiger partial charge in [0.15, 0.2) is 5.65 Å². The molecule has 0 spiro atoms. The molecule has 3 N–H and O–H groups in total. The molecule has 0 aliphatic heterocycles. The van der Waals surface area contributed by atoms with Gasteiger partial charge in [-0.15, -0.1) is 5.10 Å². The second kappa shape index (κ2) is 8.14. The third-order valence-electron chi connectivity index (χ3n) is 5.09. The molecule has 2 aromatic carbocycles. The number of hydrogen-bond acceptors (Lipinski definition) is 5. The maximum atomic E-state index is 6.58. The van der Waals surface area contributed by atoms with Crippen molar-refractivity contribution in [3.63, 3.8) is 0 Å². The van der Waals surface area contributed by atoms with Crippen LogP contribution in [0.15, 0.2) is 54.6 Å². The monoisotopic (exact) mass is 400 g/mol. The molecule has 0 radical (unpaired) electrons. The lowest BCUT2D eigenvalue weighted by atomic mass is 10.0. The highest BCUT2D eigenvalue weighted by molar-refractivity contribution is 5.99. The molecule has 6 nitrogen and oxygen atoms in total. The van der Waals surface area contributed by atoms with Gasteiger partial charge < -0.3 is 11.1 Å². The maximum Gasteiger partial charge on any atom is 0.225 e. The summed E-state index contributed by atoms with van der Waals surface area (Å²) < 4.78 is 1.75. The van der Waals surface area contributed by atoms with E-state index in [0.717, 1.165) is 28.9 Å². The summed E-state index contributed by atoms with van der Waals surface area (Å²) >= 11 is 0. The van der Waals surface area contributed by atoms with Crippen LogP contribution in [0.4, 0.5) is 11.8 Å². The topological polar surface area (TPSA) is 81.6 Å². The lowest BCUT2D eigenvalue weighted by Crippen LogP contribution is -2.11. The van der Waals surface area contributed by atoms with E-state index in [2.05, 4.69) is 50.1 Å². The minimum Gasteiger partial charge on any atom is -0.383 e. The molecule has 4 rings (SSSR count). The molecule has 0 aliphatic rings. The fourth-order valence-corrected chi connectivity index (χ4v) is 3.39. The van der Waals surface area contributed by atoms with E-state index in [4.69, 9.17) is 15.8 Å². The summed E-state index contributed by atoms with van der Waals surface area (Å²) in [7, 11) is 0. The zero-order chi connectivity index (χ0) is 21.3. The Kier molecular flexibility index (Phi) is 5.40. The van der Waals surface area contributed by atoms with E-state index in [1.807, 2.05) is 42.5 Å². The van der Waals surface area contributed by atoms with Crippen molar-refractivity contribution in [3.8, 4) is 16.9 Å². The Morgan fingerprint density at radius 2 is 1.63 bits per heavy atom. The van der Waals surface area contributed by atoms with Crippen LogP contribution >= 0.6 is 0 Å². The molecule has 0 amide bonds. The van der Waals surface area contributed by atoms with Gasteiger partial charge in [0.2, 0.25) is 5.95 Å². The molecule has 0 saturated carbocycles. The number of aromatic nitrogens is 4. The van der Waals surface area contributed by atoms with Crippen molar-refractivity contribution >= 4 is 22.8 Å². The smallest absolute Gasteiger partial charge is 0.225 e. The largest absolute Gasteiger partial charge is 0.383 e. The fraction of sp³-hybridized carbons (Fsp3) is 0.292. The molecule has 0 atom stereocenters. The predicted octanol–water partition coefficient (Wildman–Crippen LogP) is 5.26. The molecule has 0 fully saturated rings. The molecule has 154 valence electrons. The molecule has 2 heterocycles. The number of hydrogen-bond donors (Lipinski definition) is 2. The summed E-state index contributed by atoms with van der Waals surface area (Å²) in [6.07, 6.45) is 0. The SMILES string of the molecule is CC(C)CNc1nc(-c2ccccc2)c2c(N)n(-c3ccc(C(C)C)cc3)nc2n1. The number of nitrogens with two attached hydrogens (primary N) is 1. The van der Waals surface area contributed by atoms with E-state index >= 15 is 0 Å². The normalized spacial score (nSPS) is 11.5. The summed E-state index contributed by atoms with van der Waals surface area (Å²) in [6, 6.07) is 18.4. The summed E-state index contributed by atoms with van der Waals surface area (Å²) in [5, 5.41) is 8.82. The third-order valence-corrected chi connectivity index (χ3v) is 5.09. The van der Waals surface area contributed by atoms with Gasteiger partial charge in [0.05, 0.1) is 16.8 Å². The van der Waals surface area contributed by atoms with E-state index in [9.17, 15) is 0 Å². The van der Waals surface area contributed by atoms with Crippen molar-refractivity contribution < 1.29 is 0 Å². The Balaban J connectivity index is 1.87. The van der Waals surface area contributed by atoms with Crippen LogP contribution in [-0.2, 0) is 0 Å². The van der Waals surface area contributed by atoms with E-state index < -0.39 is 0 Å². The van der Waals surface area contributed by atoms with E-state index in [-0.39, 0.29) is 0 Å². The second-order valence-electron chi connectivity index (χ2n) is 8.28. The predicted molar refractivity (Wildman–Crippen MR) is 124 cm³/mol. The summed E-state index contributed by atoms with van der Waals surface area (Å²) in [6.45, 7) is 9.44. The molecule has 6 heteroatoms. The summed E-state index contributed by atoms with van der Waals surface area (Å²) in [5.74, 6) is 2.05. The average Bonchev–Trinajstić information content (AvgIpc) is 3.09. The number of fused-ring (bicyclic) bond motifs is 1. The van der Waals surface area contributed by atoms with E-state index in [1.165, 1.54) is 5.56 Å². The van der Waals surface area contributed by atoms with Crippen LogP contribution in [0.1, 0.15) is 39.2 Å². The molecule has 30 heavy (non-hydrogen) atoms. The first kappa shape index (κ1) is 19.9. The molecular weight excluding hydrogens is 372 g/mol. The van der Waals surface area contributed by atoms with Crippen molar-refractivity contribution in [2.75, 3.05) is 17.6 Å². The first-order valence-corrected chi connectivity index (χ1v) is 10.4. The number of nitrogens with one attached hydrogen (secondary N) is 1. The van der Waals surface area contributed by atoms with Gasteiger partial charge in [-0.05, 0) is 29.5 Å². The van der Waals surface area contributed by atoms with Gasteiger partial charge in [0, 0.05) is 12.1 Å². The van der Waals surface area contributed by atoms with Crippen LogP contribution in [0.2, 0.25) is 0 Å². The van der Waals surface area contributed by atoms with Gasteiger partial charge >= 0.3 is 0 Å². The molecule has 0 saturated heterocycles. The first-order chi connectivity index (χ1) is 14.4. The highest BCUT2D eigenvalue weighted by Crippen LogP contribution is 2.33. The lowest BCUT2D eigenvalue weighted by Gasteiger charge is -2.10. The van der Waals surface area contributed by atoms with Crippen LogP contribution in [0.25, 0.3) is 28.0 Å². The number of benzene rings is 2. The van der Waals surface area contributed by atoms with Crippen molar-refractivity contribution in [2.24, 2.45) is 5.92 Å². The number of nitrogen functional groups attached to an aromatic ring is 1. The second-order valence-corrected chi connectivity index (χ2v) is 8.28. The van der Waals surface area contributed by atoms with Crippen molar-refractivity contribution in [1.29, 1.82) is 0 Å². The quantitative estimate of drug-likeness (QED) is 0.462. The zero-order valence-corrected chi connectivity index (χ0v) is 17.9. The van der Waals surface area contributed by atoms with E-state index in [0.29, 0.717) is 29.2 Å². The Labute approximate surface area is 177 Å². The number of rotatable bonds is 6. The molecule has 2 aromatic heterocycles.